The molecule has 0 radical (unpaired) electrons. The van der Waals surface area contributed by atoms with E-state index in [2.05, 4.69) is 16.4 Å². The van der Waals surface area contributed by atoms with Gasteiger partial charge in [-0.05, 0) is 58.7 Å². The van der Waals surface area contributed by atoms with E-state index in [4.69, 9.17) is 9.47 Å². The third kappa shape index (κ3) is 4.44. The Labute approximate surface area is 148 Å². The van der Waals surface area contributed by atoms with Crippen LogP contribution >= 0.6 is 0 Å². The van der Waals surface area contributed by atoms with E-state index in [-0.39, 0.29) is 0 Å². The number of aromatic amines is 1. The van der Waals surface area contributed by atoms with Crippen LogP contribution in [0.25, 0.3) is 10.9 Å². The van der Waals surface area contributed by atoms with E-state index in [1.807, 2.05) is 46.9 Å². The van der Waals surface area contributed by atoms with Gasteiger partial charge in [0.05, 0.1) is 12.6 Å². The number of H-pyrrole nitrogens is 1. The Morgan fingerprint density at radius 2 is 1.96 bits per heavy atom. The second-order valence-corrected chi connectivity index (χ2v) is 7.68. The first-order chi connectivity index (χ1) is 11.6. The molecule has 0 unspecified atom stereocenters. The van der Waals surface area contributed by atoms with Gasteiger partial charge in [0.2, 0.25) is 0 Å². The summed E-state index contributed by atoms with van der Waals surface area (Å²) in [5.74, 6) is 0.537. The fourth-order valence-corrected chi connectivity index (χ4v) is 2.77. The van der Waals surface area contributed by atoms with Crippen LogP contribution < -0.4 is 10.1 Å². The predicted molar refractivity (Wildman–Crippen MR) is 96.7 cm³/mol. The first-order valence-electron chi connectivity index (χ1n) is 8.14. The number of fused-ring (bicyclic) bond motifs is 1. The lowest BCUT2D eigenvalue weighted by Crippen LogP contribution is -2.47. The standard InChI is InChI=1S/C19H25N3O3/c1-18(2,3)25-17(23)22-19(4,5)9-12-11-21-16-13(12)7-8-15(24-6)14(16)10-20/h7-8,11,21H,9H2,1-6H3,(H,22,23). The molecule has 0 aliphatic rings. The molecule has 1 aromatic carbocycles. The van der Waals surface area contributed by atoms with Crippen molar-refractivity contribution in [3.05, 3.63) is 29.5 Å². The first kappa shape index (κ1) is 18.7. The van der Waals surface area contributed by atoms with Gasteiger partial charge in [0.15, 0.2) is 0 Å². The minimum Gasteiger partial charge on any atom is -0.495 e. The zero-order valence-corrected chi connectivity index (χ0v) is 15.6. The number of rotatable bonds is 4. The summed E-state index contributed by atoms with van der Waals surface area (Å²) < 4.78 is 10.6. The van der Waals surface area contributed by atoms with E-state index in [1.54, 1.807) is 13.2 Å². The van der Waals surface area contributed by atoms with Gasteiger partial charge < -0.3 is 19.8 Å². The summed E-state index contributed by atoms with van der Waals surface area (Å²) in [4.78, 5) is 15.2. The molecule has 0 saturated heterocycles. The molecule has 1 aromatic heterocycles. The summed E-state index contributed by atoms with van der Waals surface area (Å²) in [7, 11) is 1.54. The molecule has 25 heavy (non-hydrogen) atoms. The smallest absolute Gasteiger partial charge is 0.408 e. The van der Waals surface area contributed by atoms with E-state index in [0.717, 1.165) is 16.5 Å². The van der Waals surface area contributed by atoms with Crippen molar-refractivity contribution < 1.29 is 14.3 Å². The second-order valence-electron chi connectivity index (χ2n) is 7.68. The van der Waals surface area contributed by atoms with Crippen LogP contribution in [-0.4, -0.2) is 29.3 Å². The molecule has 6 nitrogen and oxygen atoms in total. The van der Waals surface area contributed by atoms with Crippen molar-refractivity contribution in [1.29, 1.82) is 5.26 Å². The topological polar surface area (TPSA) is 87.1 Å². The van der Waals surface area contributed by atoms with Gasteiger partial charge in [0.1, 0.15) is 23.0 Å². The molecule has 2 N–H and O–H groups in total. The van der Waals surface area contributed by atoms with E-state index in [9.17, 15) is 10.1 Å². The molecule has 0 bridgehead atoms. The molecule has 1 amide bonds. The normalized spacial score (nSPS) is 11.9. The molecule has 0 spiro atoms. The predicted octanol–water partition coefficient (Wildman–Crippen LogP) is 3.89. The van der Waals surface area contributed by atoms with Crippen LogP contribution in [0.1, 0.15) is 45.7 Å². The summed E-state index contributed by atoms with van der Waals surface area (Å²) >= 11 is 0. The Hall–Kier alpha value is -2.68. The van der Waals surface area contributed by atoms with Crippen molar-refractivity contribution >= 4 is 17.0 Å². The van der Waals surface area contributed by atoms with Gasteiger partial charge in [0, 0.05) is 17.1 Å². The lowest BCUT2D eigenvalue weighted by atomic mass is 9.94. The molecule has 0 aliphatic carbocycles. The summed E-state index contributed by atoms with van der Waals surface area (Å²) in [6, 6.07) is 5.88. The van der Waals surface area contributed by atoms with E-state index in [1.165, 1.54) is 0 Å². The third-order valence-electron chi connectivity index (χ3n) is 3.71. The number of nitrogens with zero attached hydrogens (tertiary/aromatic N) is 1. The molecular weight excluding hydrogens is 318 g/mol. The van der Waals surface area contributed by atoms with Crippen LogP contribution in [0.4, 0.5) is 4.79 Å². The van der Waals surface area contributed by atoms with Crippen molar-refractivity contribution in [2.75, 3.05) is 7.11 Å². The number of nitrogens with one attached hydrogen (secondary N) is 2. The van der Waals surface area contributed by atoms with Gasteiger partial charge in [-0.25, -0.2) is 4.79 Å². The third-order valence-corrected chi connectivity index (χ3v) is 3.71. The Bertz CT molecular complexity index is 823. The van der Waals surface area contributed by atoms with Crippen molar-refractivity contribution in [3.8, 4) is 11.8 Å². The second kappa shape index (κ2) is 6.67. The van der Waals surface area contributed by atoms with Crippen LogP contribution in [0.15, 0.2) is 18.3 Å². The Morgan fingerprint density at radius 3 is 2.52 bits per heavy atom. The number of carbonyl (C=O) groups excluding carboxylic acids is 1. The minimum absolute atomic E-state index is 0.447. The van der Waals surface area contributed by atoms with Crippen molar-refractivity contribution in [2.45, 2.75) is 52.2 Å². The van der Waals surface area contributed by atoms with Crippen molar-refractivity contribution in [2.24, 2.45) is 0 Å². The quantitative estimate of drug-likeness (QED) is 0.881. The Kier molecular flexibility index (Phi) is 4.98. The number of benzene rings is 1. The molecule has 2 aromatic rings. The van der Waals surface area contributed by atoms with E-state index >= 15 is 0 Å². The maximum Gasteiger partial charge on any atom is 0.408 e. The number of hydrogen-bond donors (Lipinski definition) is 2. The van der Waals surface area contributed by atoms with Crippen molar-refractivity contribution in [3.63, 3.8) is 0 Å². The van der Waals surface area contributed by atoms with Gasteiger partial charge in [-0.15, -0.1) is 0 Å². The molecule has 1 heterocycles. The van der Waals surface area contributed by atoms with Gasteiger partial charge in [0.25, 0.3) is 0 Å². The van der Waals surface area contributed by atoms with Crippen LogP contribution in [0.3, 0.4) is 0 Å². The molecule has 6 heteroatoms. The maximum atomic E-state index is 12.0. The molecule has 0 fully saturated rings. The Morgan fingerprint density at radius 1 is 1.28 bits per heavy atom. The molecule has 2 rings (SSSR count). The number of aromatic nitrogens is 1. The average Bonchev–Trinajstić information content (AvgIpc) is 2.85. The zero-order valence-electron chi connectivity index (χ0n) is 15.6. The van der Waals surface area contributed by atoms with Crippen LogP contribution in [0, 0.1) is 11.3 Å². The van der Waals surface area contributed by atoms with Crippen molar-refractivity contribution in [1.82, 2.24) is 10.3 Å². The largest absolute Gasteiger partial charge is 0.495 e. The SMILES string of the molecule is COc1ccc2c(CC(C)(C)NC(=O)OC(C)(C)C)c[nH]c2c1C#N. The number of ether oxygens (including phenoxy) is 2. The number of amides is 1. The highest BCUT2D eigenvalue weighted by atomic mass is 16.6. The highest BCUT2D eigenvalue weighted by Gasteiger charge is 2.26. The summed E-state index contributed by atoms with van der Waals surface area (Å²) in [6.07, 6.45) is 2.00. The molecule has 0 aliphatic heterocycles. The van der Waals surface area contributed by atoms with Gasteiger partial charge in [-0.2, -0.15) is 5.26 Å². The Balaban J connectivity index is 2.25. The zero-order chi connectivity index (χ0) is 18.8. The molecule has 0 atom stereocenters. The minimum atomic E-state index is -0.542. The highest BCUT2D eigenvalue weighted by molar-refractivity contribution is 5.90. The van der Waals surface area contributed by atoms with Gasteiger partial charge in [-0.3, -0.25) is 0 Å². The first-order valence-corrected chi connectivity index (χ1v) is 8.14. The number of nitriles is 1. The number of hydrogen-bond acceptors (Lipinski definition) is 4. The molecule has 134 valence electrons. The molecule has 0 saturated carbocycles. The van der Waals surface area contributed by atoms with Gasteiger partial charge in [-0.1, -0.05) is 0 Å². The maximum absolute atomic E-state index is 12.0. The van der Waals surface area contributed by atoms with E-state index in [0.29, 0.717) is 17.7 Å². The van der Waals surface area contributed by atoms with Gasteiger partial charge >= 0.3 is 6.09 Å². The number of alkyl carbamates (subject to hydrolysis) is 1. The molecular formula is C19H25N3O3. The lowest BCUT2D eigenvalue weighted by molar-refractivity contribution is 0.0472. The summed E-state index contributed by atoms with van der Waals surface area (Å²) in [5, 5.41) is 13.2. The van der Waals surface area contributed by atoms with E-state index < -0.39 is 17.2 Å². The fraction of sp³-hybridized carbons (Fsp3) is 0.474. The van der Waals surface area contributed by atoms with Crippen LogP contribution in [0.2, 0.25) is 0 Å². The van der Waals surface area contributed by atoms with Crippen LogP contribution in [0.5, 0.6) is 5.75 Å². The monoisotopic (exact) mass is 343 g/mol. The summed E-state index contributed by atoms with van der Waals surface area (Å²) in [5.41, 5.74) is 1.17. The fourth-order valence-electron chi connectivity index (χ4n) is 2.77. The number of methoxy groups -OCH3 is 1. The highest BCUT2D eigenvalue weighted by Crippen LogP contribution is 2.30. The summed E-state index contributed by atoms with van der Waals surface area (Å²) in [6.45, 7) is 9.36. The number of carbonyl (C=O) groups is 1. The average molecular weight is 343 g/mol. The van der Waals surface area contributed by atoms with Crippen LogP contribution in [-0.2, 0) is 11.2 Å². The lowest BCUT2D eigenvalue weighted by Gasteiger charge is -2.28.